The molecule has 1 aliphatic rings. The van der Waals surface area contributed by atoms with Gasteiger partial charge in [0.15, 0.2) is 0 Å². The Morgan fingerprint density at radius 1 is 1.24 bits per heavy atom. The Bertz CT molecular complexity index is 675. The summed E-state index contributed by atoms with van der Waals surface area (Å²) in [7, 11) is 0. The molecule has 0 saturated carbocycles. The standard InChI is InChI=1S/C18H18N2O/c1-13-12-21-17-8-3-2-7-16(17)18(13)20-11-15-6-4-5-14(9-15)10-19/h2-9,13,18,20H,11-12H2,1H3. The number of fused-ring (bicyclic) bond motifs is 1. The highest BCUT2D eigenvalue weighted by molar-refractivity contribution is 5.38. The Morgan fingerprint density at radius 2 is 2.10 bits per heavy atom. The van der Waals surface area contributed by atoms with E-state index < -0.39 is 0 Å². The van der Waals surface area contributed by atoms with Gasteiger partial charge in [-0.15, -0.1) is 0 Å². The Labute approximate surface area is 125 Å². The van der Waals surface area contributed by atoms with Gasteiger partial charge in [0.05, 0.1) is 18.2 Å². The van der Waals surface area contributed by atoms with Crippen molar-refractivity contribution in [2.24, 2.45) is 5.92 Å². The van der Waals surface area contributed by atoms with Gasteiger partial charge in [-0.05, 0) is 23.8 Å². The Hall–Kier alpha value is -2.31. The fraction of sp³-hybridized carbons (Fsp3) is 0.278. The van der Waals surface area contributed by atoms with Crippen molar-refractivity contribution in [1.82, 2.24) is 5.32 Å². The summed E-state index contributed by atoms with van der Waals surface area (Å²) in [4.78, 5) is 0. The maximum atomic E-state index is 8.96. The lowest BCUT2D eigenvalue weighted by atomic mass is 9.92. The van der Waals surface area contributed by atoms with Gasteiger partial charge in [0.25, 0.3) is 0 Å². The molecule has 2 atom stereocenters. The number of nitriles is 1. The summed E-state index contributed by atoms with van der Waals surface area (Å²) in [6.07, 6.45) is 0. The average molecular weight is 278 g/mol. The van der Waals surface area contributed by atoms with Crippen LogP contribution in [0.25, 0.3) is 0 Å². The van der Waals surface area contributed by atoms with E-state index in [1.54, 1.807) is 0 Å². The Morgan fingerprint density at radius 3 is 2.95 bits per heavy atom. The Balaban J connectivity index is 1.77. The highest BCUT2D eigenvalue weighted by Gasteiger charge is 2.26. The van der Waals surface area contributed by atoms with Crippen LogP contribution in [0.3, 0.4) is 0 Å². The number of hydrogen-bond donors (Lipinski definition) is 1. The number of benzene rings is 2. The fourth-order valence-corrected chi connectivity index (χ4v) is 2.78. The summed E-state index contributed by atoms with van der Waals surface area (Å²) in [6.45, 7) is 3.67. The van der Waals surface area contributed by atoms with Crippen LogP contribution >= 0.6 is 0 Å². The molecular weight excluding hydrogens is 260 g/mol. The topological polar surface area (TPSA) is 45.0 Å². The predicted octanol–water partition coefficient (Wildman–Crippen LogP) is 3.42. The van der Waals surface area contributed by atoms with Gasteiger partial charge in [-0.2, -0.15) is 5.26 Å². The van der Waals surface area contributed by atoms with Crippen molar-refractivity contribution in [3.8, 4) is 11.8 Å². The van der Waals surface area contributed by atoms with Crippen molar-refractivity contribution in [1.29, 1.82) is 5.26 Å². The normalized spacial score (nSPS) is 20.2. The molecule has 3 nitrogen and oxygen atoms in total. The van der Waals surface area contributed by atoms with Crippen molar-refractivity contribution in [3.63, 3.8) is 0 Å². The van der Waals surface area contributed by atoms with Crippen molar-refractivity contribution in [2.75, 3.05) is 6.61 Å². The van der Waals surface area contributed by atoms with Gasteiger partial charge in [-0.1, -0.05) is 37.3 Å². The maximum Gasteiger partial charge on any atom is 0.124 e. The van der Waals surface area contributed by atoms with Crippen LogP contribution in [0.5, 0.6) is 5.75 Å². The SMILES string of the molecule is CC1COc2ccccc2C1NCc1cccc(C#N)c1. The van der Waals surface area contributed by atoms with Gasteiger partial charge in [-0.25, -0.2) is 0 Å². The third-order valence-corrected chi connectivity index (χ3v) is 3.91. The van der Waals surface area contributed by atoms with E-state index in [2.05, 4.69) is 24.4 Å². The van der Waals surface area contributed by atoms with E-state index in [0.717, 1.165) is 24.5 Å². The second kappa shape index (κ2) is 5.99. The first kappa shape index (κ1) is 13.7. The molecule has 0 aliphatic carbocycles. The summed E-state index contributed by atoms with van der Waals surface area (Å²) in [5.41, 5.74) is 3.05. The first-order chi connectivity index (χ1) is 10.3. The van der Waals surface area contributed by atoms with Crippen molar-refractivity contribution < 1.29 is 4.74 Å². The second-order valence-corrected chi connectivity index (χ2v) is 5.50. The molecule has 0 radical (unpaired) electrons. The van der Waals surface area contributed by atoms with Crippen LogP contribution < -0.4 is 10.1 Å². The zero-order valence-corrected chi connectivity index (χ0v) is 12.0. The minimum atomic E-state index is 0.278. The molecule has 3 heteroatoms. The molecular formula is C18H18N2O. The van der Waals surface area contributed by atoms with Crippen LogP contribution in [0.15, 0.2) is 48.5 Å². The van der Waals surface area contributed by atoms with Gasteiger partial charge in [-0.3, -0.25) is 0 Å². The molecule has 1 heterocycles. The molecule has 1 N–H and O–H groups in total. The monoisotopic (exact) mass is 278 g/mol. The van der Waals surface area contributed by atoms with Gasteiger partial charge < -0.3 is 10.1 Å². The number of hydrogen-bond acceptors (Lipinski definition) is 3. The molecule has 106 valence electrons. The summed E-state index contributed by atoms with van der Waals surface area (Å²) >= 11 is 0. The molecule has 0 aromatic heterocycles. The summed E-state index contributed by atoms with van der Waals surface area (Å²) < 4.78 is 5.77. The van der Waals surface area contributed by atoms with E-state index in [0.29, 0.717) is 11.5 Å². The molecule has 0 amide bonds. The quantitative estimate of drug-likeness (QED) is 0.935. The zero-order valence-electron chi connectivity index (χ0n) is 12.0. The van der Waals surface area contributed by atoms with E-state index in [9.17, 15) is 0 Å². The molecule has 0 fully saturated rings. The van der Waals surface area contributed by atoms with Crippen LogP contribution in [0, 0.1) is 17.2 Å². The number of ether oxygens (including phenoxy) is 1. The first-order valence-corrected chi connectivity index (χ1v) is 7.22. The lowest BCUT2D eigenvalue weighted by Gasteiger charge is -2.32. The lowest BCUT2D eigenvalue weighted by molar-refractivity contribution is 0.188. The summed E-state index contributed by atoms with van der Waals surface area (Å²) in [5.74, 6) is 1.39. The molecule has 1 aliphatic heterocycles. The van der Waals surface area contributed by atoms with Crippen molar-refractivity contribution in [3.05, 3.63) is 65.2 Å². The molecule has 2 aromatic carbocycles. The third-order valence-electron chi connectivity index (χ3n) is 3.91. The van der Waals surface area contributed by atoms with Gasteiger partial charge in [0, 0.05) is 24.1 Å². The first-order valence-electron chi connectivity index (χ1n) is 7.22. The molecule has 0 spiro atoms. The Kier molecular flexibility index (Phi) is 3.89. The zero-order chi connectivity index (χ0) is 14.7. The smallest absolute Gasteiger partial charge is 0.124 e. The fourth-order valence-electron chi connectivity index (χ4n) is 2.78. The number of para-hydroxylation sites is 1. The van der Waals surface area contributed by atoms with Gasteiger partial charge in [0.2, 0.25) is 0 Å². The second-order valence-electron chi connectivity index (χ2n) is 5.50. The largest absolute Gasteiger partial charge is 0.493 e. The van der Waals surface area contributed by atoms with Crippen LogP contribution in [-0.2, 0) is 6.54 Å². The average Bonchev–Trinajstić information content (AvgIpc) is 2.54. The molecule has 2 unspecified atom stereocenters. The molecule has 3 rings (SSSR count). The van der Waals surface area contributed by atoms with E-state index in [1.807, 2.05) is 42.5 Å². The van der Waals surface area contributed by atoms with E-state index in [1.165, 1.54) is 5.56 Å². The minimum Gasteiger partial charge on any atom is -0.493 e. The molecule has 0 saturated heterocycles. The van der Waals surface area contributed by atoms with E-state index in [4.69, 9.17) is 10.00 Å². The molecule has 0 bridgehead atoms. The van der Waals surface area contributed by atoms with Crippen LogP contribution in [0.1, 0.15) is 29.7 Å². The lowest BCUT2D eigenvalue weighted by Crippen LogP contribution is -2.33. The van der Waals surface area contributed by atoms with E-state index in [-0.39, 0.29) is 6.04 Å². The molecule has 21 heavy (non-hydrogen) atoms. The predicted molar refractivity (Wildman–Crippen MR) is 81.8 cm³/mol. The van der Waals surface area contributed by atoms with E-state index >= 15 is 0 Å². The maximum absolute atomic E-state index is 8.96. The highest BCUT2D eigenvalue weighted by Crippen LogP contribution is 2.35. The number of nitrogens with zero attached hydrogens (tertiary/aromatic N) is 1. The highest BCUT2D eigenvalue weighted by atomic mass is 16.5. The van der Waals surface area contributed by atoms with Crippen molar-refractivity contribution in [2.45, 2.75) is 19.5 Å². The summed E-state index contributed by atoms with van der Waals surface area (Å²) in [6, 6.07) is 18.4. The third kappa shape index (κ3) is 2.91. The van der Waals surface area contributed by atoms with Gasteiger partial charge in [0.1, 0.15) is 5.75 Å². The molecule has 2 aromatic rings. The van der Waals surface area contributed by atoms with Crippen LogP contribution in [0.4, 0.5) is 0 Å². The minimum absolute atomic E-state index is 0.278. The van der Waals surface area contributed by atoms with Crippen molar-refractivity contribution >= 4 is 0 Å². The van der Waals surface area contributed by atoms with Crippen LogP contribution in [0.2, 0.25) is 0 Å². The van der Waals surface area contributed by atoms with Crippen LogP contribution in [-0.4, -0.2) is 6.61 Å². The summed E-state index contributed by atoms with van der Waals surface area (Å²) in [5, 5.41) is 12.6. The number of nitrogens with one attached hydrogen (secondary N) is 1. The van der Waals surface area contributed by atoms with Gasteiger partial charge >= 0.3 is 0 Å². The number of rotatable bonds is 3.